The number of carboxylic acid groups (broad SMARTS) is 1. The van der Waals surface area contributed by atoms with Gasteiger partial charge in [0.05, 0.1) is 5.92 Å². The van der Waals surface area contributed by atoms with Crippen molar-refractivity contribution in [1.82, 2.24) is 5.32 Å². The van der Waals surface area contributed by atoms with Crippen molar-refractivity contribution in [2.45, 2.75) is 18.9 Å². The molecule has 0 aromatic heterocycles. The zero-order valence-corrected chi connectivity index (χ0v) is 13.9. The third kappa shape index (κ3) is 6.82. The maximum atomic E-state index is 12.2. The number of aliphatic hydroxyl groups is 3. The molecule has 0 saturated heterocycles. The van der Waals surface area contributed by atoms with Crippen LogP contribution in [-0.2, 0) is 4.79 Å². The molecule has 5 N–H and O–H groups in total. The smallest absolute Gasteiger partial charge is 0.342 e. The van der Waals surface area contributed by atoms with Crippen molar-refractivity contribution in [2.75, 3.05) is 7.05 Å². The SMILES string of the molecule is CC(C(=O)O)c1cccc(C(=O)c2ccccc2)c1.CNC(O)(O)O. The first-order valence-electron chi connectivity index (χ1n) is 7.44. The van der Waals surface area contributed by atoms with Crippen LogP contribution in [0.4, 0.5) is 0 Å². The fraction of sp³-hybridized carbons (Fsp3) is 0.222. The maximum absolute atomic E-state index is 12.2. The molecule has 7 heteroatoms. The second kappa shape index (κ2) is 9.05. The van der Waals surface area contributed by atoms with Gasteiger partial charge in [0.1, 0.15) is 0 Å². The van der Waals surface area contributed by atoms with Crippen LogP contribution in [0.25, 0.3) is 0 Å². The van der Waals surface area contributed by atoms with Crippen LogP contribution in [0.5, 0.6) is 0 Å². The Hall–Kier alpha value is -2.58. The number of rotatable bonds is 5. The van der Waals surface area contributed by atoms with E-state index in [-0.39, 0.29) is 5.78 Å². The minimum atomic E-state index is -2.71. The Morgan fingerprint density at radius 1 is 0.960 bits per heavy atom. The van der Waals surface area contributed by atoms with E-state index in [0.29, 0.717) is 16.7 Å². The predicted molar refractivity (Wildman–Crippen MR) is 90.8 cm³/mol. The third-order valence-electron chi connectivity index (χ3n) is 3.39. The van der Waals surface area contributed by atoms with Gasteiger partial charge in [-0.2, -0.15) is 0 Å². The molecule has 0 radical (unpaired) electrons. The van der Waals surface area contributed by atoms with E-state index < -0.39 is 18.0 Å². The lowest BCUT2D eigenvalue weighted by Gasteiger charge is -2.09. The molecule has 7 nitrogen and oxygen atoms in total. The summed E-state index contributed by atoms with van der Waals surface area (Å²) in [5.74, 6) is -1.62. The van der Waals surface area contributed by atoms with Crippen molar-refractivity contribution in [3.05, 3.63) is 71.3 Å². The number of carbonyl (C=O) groups excluding carboxylic acids is 1. The van der Waals surface area contributed by atoms with Crippen LogP contribution in [0.1, 0.15) is 34.3 Å². The van der Waals surface area contributed by atoms with Crippen LogP contribution >= 0.6 is 0 Å². The van der Waals surface area contributed by atoms with Crippen LogP contribution < -0.4 is 5.32 Å². The Balaban J connectivity index is 0.000000450. The molecule has 2 aromatic carbocycles. The van der Waals surface area contributed by atoms with Crippen molar-refractivity contribution in [3.8, 4) is 0 Å². The maximum Gasteiger partial charge on any atom is 0.342 e. The fourth-order valence-electron chi connectivity index (χ4n) is 1.85. The standard InChI is InChI=1S/C16H14O3.C2H7NO3/c1-11(16(18)19)13-8-5-9-14(10-13)15(17)12-6-3-2-4-7-12;1-3-2(4,5)6/h2-11H,1H3,(H,18,19);3-6H,1H3. The Kier molecular flexibility index (Phi) is 7.41. The Morgan fingerprint density at radius 2 is 1.48 bits per heavy atom. The van der Waals surface area contributed by atoms with Gasteiger partial charge in [-0.05, 0) is 25.6 Å². The summed E-state index contributed by atoms with van der Waals surface area (Å²) >= 11 is 0. The van der Waals surface area contributed by atoms with Crippen LogP contribution in [0.2, 0.25) is 0 Å². The molecule has 0 amide bonds. The molecule has 0 saturated carbocycles. The Morgan fingerprint density at radius 3 is 1.96 bits per heavy atom. The first-order valence-corrected chi connectivity index (χ1v) is 7.44. The van der Waals surface area contributed by atoms with Crippen molar-refractivity contribution in [2.24, 2.45) is 0 Å². The van der Waals surface area contributed by atoms with Crippen molar-refractivity contribution in [3.63, 3.8) is 0 Å². The number of benzene rings is 2. The van der Waals surface area contributed by atoms with Gasteiger partial charge in [0.25, 0.3) is 0 Å². The zero-order chi connectivity index (χ0) is 19.0. The number of carbonyl (C=O) groups is 2. The number of carboxylic acids is 1. The fourth-order valence-corrected chi connectivity index (χ4v) is 1.85. The van der Waals surface area contributed by atoms with E-state index in [4.69, 9.17) is 20.4 Å². The highest BCUT2D eigenvalue weighted by molar-refractivity contribution is 6.09. The van der Waals surface area contributed by atoms with E-state index in [1.807, 2.05) is 6.07 Å². The largest absolute Gasteiger partial charge is 0.481 e. The van der Waals surface area contributed by atoms with Gasteiger partial charge in [-0.15, -0.1) is 0 Å². The van der Waals surface area contributed by atoms with Gasteiger partial charge in [0.15, 0.2) is 5.78 Å². The Labute approximate surface area is 145 Å². The summed E-state index contributed by atoms with van der Waals surface area (Å²) in [7, 11) is 1.21. The average Bonchev–Trinajstić information content (AvgIpc) is 2.61. The molecule has 134 valence electrons. The highest BCUT2D eigenvalue weighted by atomic mass is 16.7. The average molecular weight is 347 g/mol. The van der Waals surface area contributed by atoms with Crippen LogP contribution in [0.15, 0.2) is 54.6 Å². The number of nitrogens with one attached hydrogen (secondary N) is 1. The van der Waals surface area contributed by atoms with Crippen LogP contribution in [0, 0.1) is 0 Å². The molecule has 1 unspecified atom stereocenters. The summed E-state index contributed by atoms with van der Waals surface area (Å²) in [5, 5.41) is 34.2. The lowest BCUT2D eigenvalue weighted by Crippen LogP contribution is -2.41. The summed E-state index contributed by atoms with van der Waals surface area (Å²) in [6, 6.07) is 15.7. The van der Waals surface area contributed by atoms with E-state index >= 15 is 0 Å². The van der Waals surface area contributed by atoms with E-state index in [2.05, 4.69) is 0 Å². The number of hydrogen-bond acceptors (Lipinski definition) is 6. The van der Waals surface area contributed by atoms with Crippen LogP contribution in [-0.4, -0.2) is 45.3 Å². The second-order valence-corrected chi connectivity index (χ2v) is 5.27. The van der Waals surface area contributed by atoms with Gasteiger partial charge in [-0.3, -0.25) is 9.59 Å². The van der Waals surface area contributed by atoms with Gasteiger partial charge in [0, 0.05) is 11.1 Å². The van der Waals surface area contributed by atoms with E-state index in [0.717, 1.165) is 0 Å². The first kappa shape index (κ1) is 20.5. The van der Waals surface area contributed by atoms with Crippen molar-refractivity contribution in [1.29, 1.82) is 0 Å². The molecule has 0 bridgehead atoms. The summed E-state index contributed by atoms with van der Waals surface area (Å²) in [6.45, 7) is 1.61. The third-order valence-corrected chi connectivity index (χ3v) is 3.39. The van der Waals surface area contributed by atoms with Gasteiger partial charge >= 0.3 is 12.1 Å². The number of aliphatic carboxylic acids is 1. The van der Waals surface area contributed by atoms with Gasteiger partial charge in [-0.1, -0.05) is 48.5 Å². The monoisotopic (exact) mass is 347 g/mol. The van der Waals surface area contributed by atoms with Gasteiger partial charge < -0.3 is 20.4 Å². The molecule has 0 aliphatic carbocycles. The molecule has 0 aliphatic rings. The first-order chi connectivity index (χ1) is 11.7. The highest BCUT2D eigenvalue weighted by Crippen LogP contribution is 2.18. The molecule has 0 spiro atoms. The normalized spacial score (nSPS) is 11.9. The van der Waals surface area contributed by atoms with Crippen LogP contribution in [0.3, 0.4) is 0 Å². The zero-order valence-electron chi connectivity index (χ0n) is 13.9. The second-order valence-electron chi connectivity index (χ2n) is 5.27. The molecule has 1 atom stereocenters. The lowest BCUT2D eigenvalue weighted by molar-refractivity contribution is -0.328. The minimum absolute atomic E-state index is 0.0972. The predicted octanol–water partition coefficient (Wildman–Crippen LogP) is 0.900. The van der Waals surface area contributed by atoms with E-state index in [1.165, 1.54) is 7.05 Å². The molecule has 2 aromatic rings. The number of hydrogen-bond donors (Lipinski definition) is 5. The molecular formula is C18H21NO6. The minimum Gasteiger partial charge on any atom is -0.481 e. The van der Waals surface area contributed by atoms with E-state index in [9.17, 15) is 9.59 Å². The summed E-state index contributed by atoms with van der Waals surface area (Å²) < 4.78 is 0. The van der Waals surface area contributed by atoms with Crippen molar-refractivity contribution < 1.29 is 30.0 Å². The summed E-state index contributed by atoms with van der Waals surface area (Å²) in [6.07, 6.45) is -2.71. The van der Waals surface area contributed by atoms with Gasteiger partial charge in [-0.25, -0.2) is 5.32 Å². The van der Waals surface area contributed by atoms with E-state index in [1.54, 1.807) is 60.8 Å². The molecule has 0 heterocycles. The molecule has 2 rings (SSSR count). The number of ketones is 1. The molecular weight excluding hydrogens is 326 g/mol. The summed E-state index contributed by atoms with van der Waals surface area (Å²) in [4.78, 5) is 23.2. The summed E-state index contributed by atoms with van der Waals surface area (Å²) in [5.41, 5.74) is 1.74. The Bertz CT molecular complexity index is 709. The lowest BCUT2D eigenvalue weighted by atomic mass is 9.96. The molecule has 25 heavy (non-hydrogen) atoms. The topological polar surface area (TPSA) is 127 Å². The van der Waals surface area contributed by atoms with Crippen molar-refractivity contribution >= 4 is 11.8 Å². The quantitative estimate of drug-likeness (QED) is 0.402. The molecule has 0 fully saturated rings. The molecule has 0 aliphatic heterocycles. The van der Waals surface area contributed by atoms with Gasteiger partial charge in [0.2, 0.25) is 0 Å². The highest BCUT2D eigenvalue weighted by Gasteiger charge is 2.16.